The Morgan fingerprint density at radius 2 is 1.75 bits per heavy atom. The fourth-order valence-electron chi connectivity index (χ4n) is 2.60. The number of hydrogen-bond donors (Lipinski definition) is 1. The molecular formula is C18H13F3N2O. The quantitative estimate of drug-likeness (QED) is 0.732. The second kappa shape index (κ2) is 5.96. The lowest BCUT2D eigenvalue weighted by atomic mass is 10.0. The minimum atomic E-state index is -4.60. The van der Waals surface area contributed by atoms with Gasteiger partial charge in [-0.05, 0) is 30.7 Å². The second-order valence-electron chi connectivity index (χ2n) is 5.33. The summed E-state index contributed by atoms with van der Waals surface area (Å²) in [6, 6.07) is 12.4. The SMILES string of the molecule is Cc1cccc(C(F)(F)F)c1C(=O)Nc1cccc2cccnc12. The molecule has 0 saturated heterocycles. The molecule has 2 aromatic carbocycles. The van der Waals surface area contributed by atoms with Crippen LogP contribution in [0, 0.1) is 6.92 Å². The van der Waals surface area contributed by atoms with E-state index in [-0.39, 0.29) is 11.1 Å². The molecule has 1 N–H and O–H groups in total. The van der Waals surface area contributed by atoms with Crippen molar-refractivity contribution in [2.24, 2.45) is 0 Å². The van der Waals surface area contributed by atoms with Gasteiger partial charge in [0.1, 0.15) is 0 Å². The maximum absolute atomic E-state index is 13.2. The number of aryl methyl sites for hydroxylation is 1. The monoisotopic (exact) mass is 330 g/mol. The second-order valence-corrected chi connectivity index (χ2v) is 5.33. The van der Waals surface area contributed by atoms with Gasteiger partial charge in [0.05, 0.1) is 22.3 Å². The van der Waals surface area contributed by atoms with Crippen molar-refractivity contribution in [3.05, 3.63) is 71.4 Å². The predicted molar refractivity (Wildman–Crippen MR) is 85.9 cm³/mol. The Morgan fingerprint density at radius 1 is 1.04 bits per heavy atom. The van der Waals surface area contributed by atoms with Gasteiger partial charge < -0.3 is 5.32 Å². The van der Waals surface area contributed by atoms with Crippen molar-refractivity contribution in [1.82, 2.24) is 4.98 Å². The number of hydrogen-bond acceptors (Lipinski definition) is 2. The van der Waals surface area contributed by atoms with Crippen molar-refractivity contribution < 1.29 is 18.0 Å². The molecule has 0 aliphatic carbocycles. The average Bonchev–Trinajstić information content (AvgIpc) is 2.54. The molecule has 6 heteroatoms. The van der Waals surface area contributed by atoms with Crippen molar-refractivity contribution in [2.45, 2.75) is 13.1 Å². The third kappa shape index (κ3) is 2.95. The number of nitrogens with zero attached hydrogens (tertiary/aromatic N) is 1. The number of pyridine rings is 1. The lowest BCUT2D eigenvalue weighted by Crippen LogP contribution is -2.20. The highest BCUT2D eigenvalue weighted by molar-refractivity contribution is 6.09. The van der Waals surface area contributed by atoms with E-state index in [0.29, 0.717) is 11.2 Å². The molecule has 0 aliphatic heterocycles. The molecule has 0 radical (unpaired) electrons. The van der Waals surface area contributed by atoms with E-state index in [4.69, 9.17) is 0 Å². The number of amides is 1. The number of carbonyl (C=O) groups excluding carboxylic acids is 1. The van der Waals surface area contributed by atoms with Crippen LogP contribution < -0.4 is 5.32 Å². The number of para-hydroxylation sites is 1. The van der Waals surface area contributed by atoms with Crippen LogP contribution in [0.3, 0.4) is 0 Å². The number of carbonyl (C=O) groups is 1. The van der Waals surface area contributed by atoms with Crippen LogP contribution in [-0.2, 0) is 6.18 Å². The molecule has 0 spiro atoms. The highest BCUT2D eigenvalue weighted by atomic mass is 19.4. The summed E-state index contributed by atoms with van der Waals surface area (Å²) >= 11 is 0. The molecule has 0 atom stereocenters. The number of rotatable bonds is 2. The van der Waals surface area contributed by atoms with Crippen molar-refractivity contribution in [3.63, 3.8) is 0 Å². The summed E-state index contributed by atoms with van der Waals surface area (Å²) in [5, 5.41) is 3.34. The van der Waals surface area contributed by atoms with Crippen LogP contribution in [0.2, 0.25) is 0 Å². The highest BCUT2D eigenvalue weighted by Gasteiger charge is 2.35. The van der Waals surface area contributed by atoms with Gasteiger partial charge in [0, 0.05) is 11.6 Å². The van der Waals surface area contributed by atoms with Crippen LogP contribution in [0.15, 0.2) is 54.7 Å². The average molecular weight is 330 g/mol. The van der Waals surface area contributed by atoms with Crippen molar-refractivity contribution in [1.29, 1.82) is 0 Å². The first kappa shape index (κ1) is 16.0. The van der Waals surface area contributed by atoms with Crippen LogP contribution in [0.1, 0.15) is 21.5 Å². The van der Waals surface area contributed by atoms with Gasteiger partial charge in [-0.15, -0.1) is 0 Å². The summed E-state index contributed by atoms with van der Waals surface area (Å²) in [6.07, 6.45) is -3.04. The first-order valence-electron chi connectivity index (χ1n) is 7.20. The van der Waals surface area contributed by atoms with Gasteiger partial charge in [0.25, 0.3) is 5.91 Å². The largest absolute Gasteiger partial charge is 0.417 e. The number of benzene rings is 2. The van der Waals surface area contributed by atoms with E-state index in [0.717, 1.165) is 11.5 Å². The number of fused-ring (bicyclic) bond motifs is 1. The third-order valence-corrected chi connectivity index (χ3v) is 3.69. The molecule has 3 aromatic rings. The molecule has 24 heavy (non-hydrogen) atoms. The summed E-state index contributed by atoms with van der Waals surface area (Å²) in [5.41, 5.74) is -0.174. The van der Waals surface area contributed by atoms with Crippen LogP contribution in [0.5, 0.6) is 0 Å². The summed E-state index contributed by atoms with van der Waals surface area (Å²) in [6.45, 7) is 1.48. The maximum atomic E-state index is 13.2. The first-order chi connectivity index (χ1) is 11.4. The van der Waals surface area contributed by atoms with E-state index in [1.807, 2.05) is 12.1 Å². The predicted octanol–water partition coefficient (Wildman–Crippen LogP) is 4.81. The lowest BCUT2D eigenvalue weighted by Gasteiger charge is -2.15. The maximum Gasteiger partial charge on any atom is 0.417 e. The van der Waals surface area contributed by atoms with Crippen molar-refractivity contribution in [3.8, 4) is 0 Å². The fraction of sp³-hybridized carbons (Fsp3) is 0.111. The van der Waals surface area contributed by atoms with Gasteiger partial charge in [0.15, 0.2) is 0 Å². The molecule has 1 aromatic heterocycles. The molecule has 3 rings (SSSR count). The van der Waals surface area contributed by atoms with Gasteiger partial charge in [-0.25, -0.2) is 0 Å². The van der Waals surface area contributed by atoms with Crippen LogP contribution in [0.4, 0.5) is 18.9 Å². The zero-order chi connectivity index (χ0) is 17.3. The third-order valence-electron chi connectivity index (χ3n) is 3.69. The lowest BCUT2D eigenvalue weighted by molar-refractivity contribution is -0.137. The smallest absolute Gasteiger partial charge is 0.320 e. The molecule has 0 bridgehead atoms. The van der Waals surface area contributed by atoms with Gasteiger partial charge in [-0.1, -0.05) is 30.3 Å². The Labute approximate surface area is 136 Å². The number of alkyl halides is 3. The Bertz CT molecular complexity index is 914. The minimum absolute atomic E-state index is 0.260. The topological polar surface area (TPSA) is 42.0 Å². The van der Waals surface area contributed by atoms with Gasteiger partial charge in [0.2, 0.25) is 0 Å². The zero-order valence-electron chi connectivity index (χ0n) is 12.7. The van der Waals surface area contributed by atoms with Crippen LogP contribution in [0.25, 0.3) is 10.9 Å². The summed E-state index contributed by atoms with van der Waals surface area (Å²) in [7, 11) is 0. The summed E-state index contributed by atoms with van der Waals surface area (Å²) < 4.78 is 39.6. The Morgan fingerprint density at radius 3 is 2.50 bits per heavy atom. The zero-order valence-corrected chi connectivity index (χ0v) is 12.7. The Balaban J connectivity index is 2.05. The molecule has 0 fully saturated rings. The number of halogens is 3. The minimum Gasteiger partial charge on any atom is -0.320 e. The number of nitrogens with one attached hydrogen (secondary N) is 1. The van der Waals surface area contributed by atoms with Gasteiger partial charge in [-0.2, -0.15) is 13.2 Å². The standard InChI is InChI=1S/C18H13F3N2O/c1-11-5-2-8-13(18(19,20)21)15(11)17(24)23-14-9-3-6-12-7-4-10-22-16(12)14/h2-10H,1H3,(H,23,24). The Kier molecular flexibility index (Phi) is 3.97. The van der Waals surface area contributed by atoms with E-state index in [1.54, 1.807) is 24.4 Å². The van der Waals surface area contributed by atoms with Crippen molar-refractivity contribution in [2.75, 3.05) is 5.32 Å². The molecular weight excluding hydrogens is 317 g/mol. The van der Waals surface area contributed by atoms with Gasteiger partial charge in [-0.3, -0.25) is 9.78 Å². The van der Waals surface area contributed by atoms with E-state index in [1.165, 1.54) is 19.1 Å². The fourth-order valence-corrected chi connectivity index (χ4v) is 2.60. The summed E-state index contributed by atoms with van der Waals surface area (Å²) in [4.78, 5) is 16.7. The van der Waals surface area contributed by atoms with Gasteiger partial charge >= 0.3 is 6.18 Å². The van der Waals surface area contributed by atoms with E-state index in [2.05, 4.69) is 10.3 Å². The van der Waals surface area contributed by atoms with E-state index >= 15 is 0 Å². The first-order valence-corrected chi connectivity index (χ1v) is 7.20. The normalized spacial score (nSPS) is 11.5. The highest BCUT2D eigenvalue weighted by Crippen LogP contribution is 2.34. The molecule has 0 saturated carbocycles. The molecule has 122 valence electrons. The summed E-state index contributed by atoms with van der Waals surface area (Å²) in [5.74, 6) is -0.807. The molecule has 1 heterocycles. The van der Waals surface area contributed by atoms with Crippen LogP contribution in [-0.4, -0.2) is 10.9 Å². The molecule has 3 nitrogen and oxygen atoms in total. The molecule has 0 aliphatic rings. The Hall–Kier alpha value is -2.89. The molecule has 1 amide bonds. The number of anilines is 1. The number of aromatic nitrogens is 1. The van der Waals surface area contributed by atoms with E-state index in [9.17, 15) is 18.0 Å². The van der Waals surface area contributed by atoms with Crippen molar-refractivity contribution >= 4 is 22.5 Å². The van der Waals surface area contributed by atoms with E-state index < -0.39 is 17.6 Å². The van der Waals surface area contributed by atoms with Crippen LogP contribution >= 0.6 is 0 Å². The molecule has 0 unspecified atom stereocenters.